The molecule has 0 bridgehead atoms. The summed E-state index contributed by atoms with van der Waals surface area (Å²) in [6, 6.07) is 15.5. The molecule has 0 aliphatic carbocycles. The van der Waals surface area contributed by atoms with Crippen LogP contribution in [0.3, 0.4) is 0 Å². The van der Waals surface area contributed by atoms with Crippen LogP contribution >= 0.6 is 0 Å². The first kappa shape index (κ1) is 21.3. The van der Waals surface area contributed by atoms with E-state index in [1.54, 1.807) is 12.1 Å². The van der Waals surface area contributed by atoms with Crippen LogP contribution in [0.15, 0.2) is 48.5 Å². The van der Waals surface area contributed by atoms with Crippen molar-refractivity contribution in [1.82, 2.24) is 10.2 Å². The second-order valence-electron chi connectivity index (χ2n) is 9.00. The minimum Gasteiger partial charge on any atom is -0.365 e. The Kier molecular flexibility index (Phi) is 6.23. The number of non-ortho nitro benzene ring substituents is 1. The Morgan fingerprint density at radius 2 is 1.97 bits per heavy atom. The molecule has 2 aliphatic heterocycles. The Morgan fingerprint density at radius 3 is 2.68 bits per heavy atom. The third-order valence-electron chi connectivity index (χ3n) is 6.26. The summed E-state index contributed by atoms with van der Waals surface area (Å²) in [5, 5.41) is 14.4. The molecule has 2 aliphatic rings. The highest BCUT2D eigenvalue weighted by atomic mass is 16.6. The van der Waals surface area contributed by atoms with Gasteiger partial charge in [0.05, 0.1) is 16.9 Å². The van der Waals surface area contributed by atoms with Gasteiger partial charge >= 0.3 is 0 Å². The molecule has 31 heavy (non-hydrogen) atoms. The van der Waals surface area contributed by atoms with Gasteiger partial charge in [0.25, 0.3) is 5.69 Å². The quantitative estimate of drug-likeness (QED) is 0.571. The lowest BCUT2D eigenvalue weighted by Crippen LogP contribution is -2.61. The fourth-order valence-corrected chi connectivity index (χ4v) is 4.70. The standard InChI is InChI=1S/C24H30N4O3/c1-17(2)14-25-24(29)21-13-19-12-20(28(30)31)8-9-22(19)27-11-10-26(16-23(21)27)15-18-6-4-3-5-7-18/h3-9,12,17,21,23H,10-11,13-16H2,1-2H3,(H,25,29)/t21-,23+/m1/s1. The number of benzene rings is 2. The summed E-state index contributed by atoms with van der Waals surface area (Å²) in [7, 11) is 0. The predicted molar refractivity (Wildman–Crippen MR) is 121 cm³/mol. The Balaban J connectivity index is 1.60. The van der Waals surface area contributed by atoms with Crippen molar-refractivity contribution in [2.24, 2.45) is 11.8 Å². The molecular formula is C24H30N4O3. The van der Waals surface area contributed by atoms with Gasteiger partial charge in [0.2, 0.25) is 5.91 Å². The molecule has 0 aromatic heterocycles. The van der Waals surface area contributed by atoms with Gasteiger partial charge < -0.3 is 10.2 Å². The molecule has 164 valence electrons. The zero-order chi connectivity index (χ0) is 22.0. The van der Waals surface area contributed by atoms with Gasteiger partial charge in [-0.15, -0.1) is 0 Å². The third kappa shape index (κ3) is 4.71. The Hall–Kier alpha value is -2.93. The number of fused-ring (bicyclic) bond motifs is 3. The zero-order valence-electron chi connectivity index (χ0n) is 18.2. The van der Waals surface area contributed by atoms with Gasteiger partial charge in [-0.3, -0.25) is 19.8 Å². The molecule has 4 rings (SSSR count). The maximum absolute atomic E-state index is 13.2. The normalized spacial score (nSPS) is 20.8. The summed E-state index contributed by atoms with van der Waals surface area (Å²) in [4.78, 5) is 28.8. The lowest BCUT2D eigenvalue weighted by Gasteiger charge is -2.49. The van der Waals surface area contributed by atoms with E-state index in [1.807, 2.05) is 12.1 Å². The van der Waals surface area contributed by atoms with Crippen LogP contribution in [0.25, 0.3) is 0 Å². The largest absolute Gasteiger partial charge is 0.365 e. The molecule has 2 atom stereocenters. The van der Waals surface area contributed by atoms with Crippen LogP contribution in [0.1, 0.15) is 25.0 Å². The molecule has 0 radical (unpaired) electrons. The van der Waals surface area contributed by atoms with Gasteiger partial charge in [-0.1, -0.05) is 44.2 Å². The SMILES string of the molecule is CC(C)CNC(=O)[C@@H]1Cc2cc([N+](=O)[O-])ccc2N2CCN(Cc3ccccc3)C[C@@H]12. The molecule has 0 saturated carbocycles. The predicted octanol–water partition coefficient (Wildman–Crippen LogP) is 3.23. The number of nitrogens with zero attached hydrogens (tertiary/aromatic N) is 3. The summed E-state index contributed by atoms with van der Waals surface area (Å²) in [5.74, 6) is 0.187. The Bertz CT molecular complexity index is 947. The number of anilines is 1. The van der Waals surface area contributed by atoms with Crippen molar-refractivity contribution in [1.29, 1.82) is 0 Å². The van der Waals surface area contributed by atoms with Crippen molar-refractivity contribution in [2.75, 3.05) is 31.1 Å². The average molecular weight is 423 g/mol. The fourth-order valence-electron chi connectivity index (χ4n) is 4.70. The van der Waals surface area contributed by atoms with Crippen LogP contribution in [0.4, 0.5) is 11.4 Å². The topological polar surface area (TPSA) is 78.7 Å². The van der Waals surface area contributed by atoms with E-state index in [9.17, 15) is 14.9 Å². The van der Waals surface area contributed by atoms with Gasteiger partial charge in [-0.05, 0) is 29.5 Å². The maximum Gasteiger partial charge on any atom is 0.269 e. The van der Waals surface area contributed by atoms with E-state index in [4.69, 9.17) is 0 Å². The van der Waals surface area contributed by atoms with Crippen LogP contribution in [-0.2, 0) is 17.8 Å². The highest BCUT2D eigenvalue weighted by Crippen LogP contribution is 2.38. The summed E-state index contributed by atoms with van der Waals surface area (Å²) >= 11 is 0. The van der Waals surface area contributed by atoms with Crippen LogP contribution in [0, 0.1) is 22.0 Å². The van der Waals surface area contributed by atoms with Crippen molar-refractivity contribution in [3.8, 4) is 0 Å². The summed E-state index contributed by atoms with van der Waals surface area (Å²) in [6.45, 7) is 8.14. The highest BCUT2D eigenvalue weighted by molar-refractivity contribution is 5.82. The van der Waals surface area contributed by atoms with Gasteiger partial charge in [0.15, 0.2) is 0 Å². The summed E-state index contributed by atoms with van der Waals surface area (Å²) in [6.07, 6.45) is 0.529. The van der Waals surface area contributed by atoms with E-state index in [2.05, 4.69) is 53.2 Å². The number of hydrogen-bond acceptors (Lipinski definition) is 5. The smallest absolute Gasteiger partial charge is 0.269 e. The van der Waals surface area contributed by atoms with E-state index in [0.717, 1.165) is 37.4 Å². The number of rotatable bonds is 6. The first-order valence-electron chi connectivity index (χ1n) is 11.0. The maximum atomic E-state index is 13.2. The summed E-state index contributed by atoms with van der Waals surface area (Å²) in [5.41, 5.74) is 3.28. The molecule has 7 heteroatoms. The van der Waals surface area contributed by atoms with E-state index >= 15 is 0 Å². The number of carbonyl (C=O) groups is 1. The molecule has 0 unspecified atom stereocenters. The molecule has 1 amide bonds. The molecule has 2 heterocycles. The zero-order valence-corrected chi connectivity index (χ0v) is 18.2. The highest BCUT2D eigenvalue weighted by Gasteiger charge is 2.41. The third-order valence-corrected chi connectivity index (χ3v) is 6.26. The molecule has 2 aromatic carbocycles. The van der Waals surface area contributed by atoms with Crippen LogP contribution < -0.4 is 10.2 Å². The number of piperazine rings is 1. The van der Waals surface area contributed by atoms with Crippen molar-refractivity contribution in [3.05, 3.63) is 69.8 Å². The number of nitrogens with one attached hydrogen (secondary N) is 1. The average Bonchev–Trinajstić information content (AvgIpc) is 2.77. The first-order valence-corrected chi connectivity index (χ1v) is 11.0. The van der Waals surface area contributed by atoms with E-state index in [1.165, 1.54) is 5.56 Å². The second-order valence-corrected chi connectivity index (χ2v) is 9.00. The first-order chi connectivity index (χ1) is 14.9. The Labute approximate surface area is 183 Å². The summed E-state index contributed by atoms with van der Waals surface area (Å²) < 4.78 is 0. The minimum atomic E-state index is -0.363. The molecule has 1 saturated heterocycles. The molecular weight excluding hydrogens is 392 g/mol. The van der Waals surface area contributed by atoms with Gasteiger partial charge in [-0.25, -0.2) is 0 Å². The van der Waals surface area contributed by atoms with Crippen LogP contribution in [-0.4, -0.2) is 48.0 Å². The van der Waals surface area contributed by atoms with E-state index in [0.29, 0.717) is 18.9 Å². The van der Waals surface area contributed by atoms with E-state index < -0.39 is 0 Å². The number of amides is 1. The minimum absolute atomic E-state index is 0.0439. The number of nitro groups is 1. The van der Waals surface area contributed by atoms with Crippen molar-refractivity contribution < 1.29 is 9.72 Å². The number of nitro benzene ring substituents is 1. The number of hydrogen-bond donors (Lipinski definition) is 1. The lowest BCUT2D eigenvalue weighted by atomic mass is 9.83. The lowest BCUT2D eigenvalue weighted by molar-refractivity contribution is -0.384. The van der Waals surface area contributed by atoms with Crippen LogP contribution in [0.5, 0.6) is 0 Å². The van der Waals surface area contributed by atoms with Gasteiger partial charge in [-0.2, -0.15) is 0 Å². The van der Waals surface area contributed by atoms with Crippen LogP contribution in [0.2, 0.25) is 0 Å². The molecule has 1 N–H and O–H groups in total. The van der Waals surface area contributed by atoms with Crippen molar-refractivity contribution in [2.45, 2.75) is 32.9 Å². The van der Waals surface area contributed by atoms with E-state index in [-0.39, 0.29) is 28.5 Å². The fraction of sp³-hybridized carbons (Fsp3) is 0.458. The molecule has 2 aromatic rings. The second kappa shape index (κ2) is 9.06. The molecule has 1 fully saturated rings. The van der Waals surface area contributed by atoms with Gasteiger partial charge in [0.1, 0.15) is 0 Å². The molecule has 0 spiro atoms. The van der Waals surface area contributed by atoms with Crippen molar-refractivity contribution >= 4 is 17.3 Å². The van der Waals surface area contributed by atoms with Crippen molar-refractivity contribution in [3.63, 3.8) is 0 Å². The molecule has 7 nitrogen and oxygen atoms in total. The Morgan fingerprint density at radius 1 is 1.19 bits per heavy atom. The number of carbonyl (C=O) groups excluding carboxylic acids is 1. The van der Waals surface area contributed by atoms with Gasteiger partial charge in [0, 0.05) is 50.5 Å². The monoisotopic (exact) mass is 422 g/mol.